The molecule has 1 aromatic heterocycles. The van der Waals surface area contributed by atoms with Gasteiger partial charge in [-0.3, -0.25) is 14.3 Å². The van der Waals surface area contributed by atoms with Crippen molar-refractivity contribution in [1.29, 1.82) is 0 Å². The summed E-state index contributed by atoms with van der Waals surface area (Å²) in [6.45, 7) is 14.6. The van der Waals surface area contributed by atoms with E-state index in [1.165, 1.54) is 24.3 Å². The number of likely N-dealkylation sites (tertiary alicyclic amines) is 1. The molecule has 2 aliphatic carbocycles. The van der Waals surface area contributed by atoms with Crippen molar-refractivity contribution in [3.8, 4) is 11.6 Å². The smallest absolute Gasteiger partial charge is 0.338 e. The maximum Gasteiger partial charge on any atom is 0.338 e. The molecular formula is C41H50ClN5O9S. The van der Waals surface area contributed by atoms with Crippen LogP contribution in [0.15, 0.2) is 61.3 Å². The number of hydrogen-bond acceptors (Lipinski definition) is 11. The number of esters is 1. The second-order valence-electron chi connectivity index (χ2n) is 16.4. The number of carbonyl (C=O) groups excluding carboxylic acids is 4. The third-order valence-corrected chi connectivity index (χ3v) is 12.6. The lowest BCUT2D eigenvalue weighted by Gasteiger charge is -2.40. The Morgan fingerprint density at radius 1 is 1.11 bits per heavy atom. The van der Waals surface area contributed by atoms with E-state index in [1.54, 1.807) is 77.1 Å². The Hall–Kier alpha value is -4.89. The fraction of sp³-hybridized carbons (Fsp3) is 0.488. The van der Waals surface area contributed by atoms with Crippen LogP contribution in [0.5, 0.6) is 11.6 Å². The summed E-state index contributed by atoms with van der Waals surface area (Å²) < 4.78 is 45.8. The minimum absolute atomic E-state index is 0.0179. The average molecular weight is 824 g/mol. The number of nitrogens with zero attached hydrogens (tertiary/aromatic N) is 3. The highest BCUT2D eigenvalue weighted by atomic mass is 35.5. The van der Waals surface area contributed by atoms with Gasteiger partial charge in [0.1, 0.15) is 23.4 Å². The SMILES string of the molecule is C=C[C@@H]1C[C@@]1(C(=O)NS(=O)(=O)C1CC1)N(C(=O)[C@H](Nc1cccc(C(=O)OC(C)C)c1)C(C)(C)C)C(=O)N1C[C@H](Oc2ncc(OC)c3ccc(Cl)cc23)CC1C. The summed E-state index contributed by atoms with van der Waals surface area (Å²) in [5.41, 5.74) is -2.14. The van der Waals surface area contributed by atoms with Crippen molar-refractivity contribution in [3.05, 3.63) is 71.9 Å². The standard InChI is InChI=1S/C41H50ClN5O9S/c1-9-26-20-41(26,38(50)45-57(52,53)30-14-15-30)47(36(48)34(40(5,6)7)44-28-12-10-11-25(18-28)37(49)55-23(2)3)39(51)46-22-29(17-24(46)4)56-35-32-19-27(42)13-16-31(32)33(54-8)21-43-35/h9-13,16,18-19,21,23-24,26,29-30,34,44H,1,14-15,17,20,22H2,2-8H3,(H,45,50)/t24?,26-,29-,34+,41-/m1/s1. The number of nitrogens with one attached hydrogen (secondary N) is 2. The molecule has 3 aliphatic rings. The summed E-state index contributed by atoms with van der Waals surface area (Å²) in [5, 5.41) is 4.29. The lowest BCUT2D eigenvalue weighted by atomic mass is 9.85. The van der Waals surface area contributed by atoms with E-state index in [1.807, 2.05) is 6.92 Å². The second kappa shape index (κ2) is 15.8. The lowest BCUT2D eigenvalue weighted by Crippen LogP contribution is -2.64. The molecule has 5 atom stereocenters. The zero-order valence-electron chi connectivity index (χ0n) is 33.2. The van der Waals surface area contributed by atoms with Gasteiger partial charge in [0.25, 0.3) is 11.8 Å². The number of methoxy groups -OCH3 is 1. The van der Waals surface area contributed by atoms with Gasteiger partial charge < -0.3 is 24.4 Å². The van der Waals surface area contributed by atoms with Gasteiger partial charge in [-0.15, -0.1) is 6.58 Å². The molecule has 0 spiro atoms. The minimum Gasteiger partial charge on any atom is -0.494 e. The fourth-order valence-electron chi connectivity index (χ4n) is 7.32. The first kappa shape index (κ1) is 41.7. The molecule has 0 radical (unpaired) electrons. The van der Waals surface area contributed by atoms with Gasteiger partial charge in [-0.25, -0.2) is 27.9 Å². The third-order valence-electron chi connectivity index (χ3n) is 10.6. The van der Waals surface area contributed by atoms with Crippen molar-refractivity contribution in [2.24, 2.45) is 11.3 Å². The largest absolute Gasteiger partial charge is 0.494 e. The average Bonchev–Trinajstić information content (AvgIpc) is 4.07. The van der Waals surface area contributed by atoms with Crippen LogP contribution in [0.3, 0.4) is 0 Å². The van der Waals surface area contributed by atoms with Crippen LogP contribution in [0, 0.1) is 11.3 Å². The molecule has 2 heterocycles. The van der Waals surface area contributed by atoms with Crippen LogP contribution in [-0.4, -0.2) is 95.8 Å². The van der Waals surface area contributed by atoms with E-state index in [2.05, 4.69) is 21.6 Å². The molecule has 2 aromatic carbocycles. The van der Waals surface area contributed by atoms with E-state index >= 15 is 9.59 Å². The molecule has 2 saturated carbocycles. The summed E-state index contributed by atoms with van der Waals surface area (Å²) in [6, 6.07) is 9.27. The molecule has 14 nitrogen and oxygen atoms in total. The number of amides is 4. The number of fused-ring (bicyclic) bond motifs is 1. The van der Waals surface area contributed by atoms with Crippen molar-refractivity contribution in [1.82, 2.24) is 19.5 Å². The van der Waals surface area contributed by atoms with Crippen molar-refractivity contribution in [2.75, 3.05) is 19.0 Å². The van der Waals surface area contributed by atoms with Crippen LogP contribution >= 0.6 is 11.6 Å². The number of anilines is 1. The Bertz CT molecular complexity index is 2210. The highest BCUT2D eigenvalue weighted by Crippen LogP contribution is 2.52. The minimum atomic E-state index is -4.07. The number of halogens is 1. The Morgan fingerprint density at radius 2 is 1.82 bits per heavy atom. The number of aromatic nitrogens is 1. The maximum atomic E-state index is 15.2. The first-order valence-corrected chi connectivity index (χ1v) is 20.9. The predicted molar refractivity (Wildman–Crippen MR) is 216 cm³/mol. The number of carbonyl (C=O) groups is 4. The summed E-state index contributed by atoms with van der Waals surface area (Å²) in [6.07, 6.45) is 3.19. The molecule has 306 valence electrons. The first-order chi connectivity index (χ1) is 26.8. The molecule has 2 N–H and O–H groups in total. The topological polar surface area (TPSA) is 174 Å². The van der Waals surface area contributed by atoms with Gasteiger partial charge >= 0.3 is 12.0 Å². The first-order valence-electron chi connectivity index (χ1n) is 19.0. The molecule has 3 aromatic rings. The Balaban J connectivity index is 1.36. The summed E-state index contributed by atoms with van der Waals surface area (Å²) in [5.74, 6) is -2.22. The van der Waals surface area contributed by atoms with Crippen molar-refractivity contribution in [3.63, 3.8) is 0 Å². The third kappa shape index (κ3) is 8.54. The summed E-state index contributed by atoms with van der Waals surface area (Å²) in [4.78, 5) is 64.3. The van der Waals surface area contributed by atoms with Crippen LogP contribution in [0.4, 0.5) is 10.5 Å². The van der Waals surface area contributed by atoms with E-state index in [9.17, 15) is 18.0 Å². The number of benzene rings is 2. The van der Waals surface area contributed by atoms with E-state index in [-0.39, 0.29) is 30.5 Å². The predicted octanol–water partition coefficient (Wildman–Crippen LogP) is 6.33. The molecule has 6 rings (SSSR count). The number of urea groups is 1. The molecule has 57 heavy (non-hydrogen) atoms. The number of imide groups is 1. The highest BCUT2D eigenvalue weighted by molar-refractivity contribution is 7.91. The Labute approximate surface area is 338 Å². The molecule has 1 unspecified atom stereocenters. The van der Waals surface area contributed by atoms with Gasteiger partial charge in [0.2, 0.25) is 15.9 Å². The van der Waals surface area contributed by atoms with Gasteiger partial charge in [0, 0.05) is 39.9 Å². The van der Waals surface area contributed by atoms with E-state index in [4.69, 9.17) is 25.8 Å². The molecule has 16 heteroatoms. The number of sulfonamides is 1. The van der Waals surface area contributed by atoms with Gasteiger partial charge in [-0.2, -0.15) is 0 Å². The van der Waals surface area contributed by atoms with Gasteiger partial charge in [0.15, 0.2) is 0 Å². The van der Waals surface area contributed by atoms with Gasteiger partial charge in [-0.05, 0) is 81.8 Å². The van der Waals surface area contributed by atoms with Crippen LogP contribution in [-0.2, 0) is 24.3 Å². The Kier molecular flexibility index (Phi) is 11.6. The number of ether oxygens (including phenoxy) is 3. The normalized spacial score (nSPS) is 22.4. The maximum absolute atomic E-state index is 15.2. The molecular weight excluding hydrogens is 774 g/mol. The van der Waals surface area contributed by atoms with E-state index in [0.29, 0.717) is 41.1 Å². The van der Waals surface area contributed by atoms with Crippen LogP contribution in [0.1, 0.15) is 77.6 Å². The lowest BCUT2D eigenvalue weighted by molar-refractivity contribution is -0.141. The zero-order valence-corrected chi connectivity index (χ0v) is 34.8. The van der Waals surface area contributed by atoms with Crippen LogP contribution in [0.25, 0.3) is 10.8 Å². The fourth-order valence-corrected chi connectivity index (χ4v) is 8.85. The number of hydrogen-bond donors (Lipinski definition) is 2. The van der Waals surface area contributed by atoms with E-state index in [0.717, 1.165) is 10.3 Å². The molecule has 1 saturated heterocycles. The quantitative estimate of drug-likeness (QED) is 0.146. The van der Waals surface area contributed by atoms with Crippen molar-refractivity contribution < 1.29 is 41.8 Å². The van der Waals surface area contributed by atoms with Gasteiger partial charge in [-0.1, -0.05) is 44.5 Å². The Morgan fingerprint density at radius 3 is 2.44 bits per heavy atom. The highest BCUT2D eigenvalue weighted by Gasteiger charge is 2.68. The summed E-state index contributed by atoms with van der Waals surface area (Å²) in [7, 11) is -2.53. The van der Waals surface area contributed by atoms with Crippen LogP contribution in [0.2, 0.25) is 5.02 Å². The zero-order chi connectivity index (χ0) is 41.6. The molecule has 3 fully saturated rings. The van der Waals surface area contributed by atoms with Crippen LogP contribution < -0.4 is 19.5 Å². The monoisotopic (exact) mass is 823 g/mol. The summed E-state index contributed by atoms with van der Waals surface area (Å²) >= 11 is 6.34. The van der Waals surface area contributed by atoms with Crippen molar-refractivity contribution in [2.45, 2.75) is 102 Å². The number of rotatable bonds is 13. The molecule has 1 aliphatic heterocycles. The molecule has 0 bridgehead atoms. The number of pyridine rings is 1. The van der Waals surface area contributed by atoms with Gasteiger partial charge in [0.05, 0.1) is 36.8 Å². The van der Waals surface area contributed by atoms with E-state index < -0.39 is 74.1 Å². The second-order valence-corrected chi connectivity index (χ2v) is 18.8. The van der Waals surface area contributed by atoms with Crippen molar-refractivity contribution >= 4 is 61.9 Å². The molecule has 4 amide bonds.